The van der Waals surface area contributed by atoms with E-state index in [1.165, 1.54) is 28.6 Å². The molecular formula is C12H17FN2O2S. The van der Waals surface area contributed by atoms with Crippen LogP contribution in [0.25, 0.3) is 0 Å². The third-order valence-electron chi connectivity index (χ3n) is 2.93. The Hall–Kier alpha value is -1.14. The van der Waals surface area contributed by atoms with Crippen molar-refractivity contribution >= 4 is 15.7 Å². The highest BCUT2D eigenvalue weighted by atomic mass is 32.2. The Morgan fingerprint density at radius 3 is 2.39 bits per heavy atom. The molecule has 0 aliphatic heterocycles. The smallest absolute Gasteiger partial charge is 0.238 e. The molecule has 1 aliphatic carbocycles. The molecule has 0 bridgehead atoms. The molecule has 1 saturated carbocycles. The summed E-state index contributed by atoms with van der Waals surface area (Å²) in [6.45, 7) is 0.777. The second kappa shape index (κ2) is 5.24. The summed E-state index contributed by atoms with van der Waals surface area (Å²) in [6, 6.07) is 5.53. The predicted molar refractivity (Wildman–Crippen MR) is 69.4 cm³/mol. The summed E-state index contributed by atoms with van der Waals surface area (Å²) < 4.78 is 38.8. The summed E-state index contributed by atoms with van der Waals surface area (Å²) in [5, 5.41) is -0.277. The number of benzene rings is 1. The van der Waals surface area contributed by atoms with E-state index in [1.54, 1.807) is 0 Å². The van der Waals surface area contributed by atoms with Gasteiger partial charge in [0, 0.05) is 6.54 Å². The topological polar surface area (TPSA) is 63.4 Å². The first-order valence-electron chi connectivity index (χ1n) is 6.03. The summed E-state index contributed by atoms with van der Waals surface area (Å²) in [4.78, 5) is 0. The van der Waals surface area contributed by atoms with Crippen molar-refractivity contribution in [2.24, 2.45) is 5.73 Å². The SMILES string of the molecule is NCCCN(c1ccc(F)cc1)S(=O)(=O)C1CC1. The third kappa shape index (κ3) is 2.81. The Kier molecular flexibility index (Phi) is 3.87. The maximum atomic E-state index is 12.9. The summed E-state index contributed by atoms with van der Waals surface area (Å²) >= 11 is 0. The van der Waals surface area contributed by atoms with Crippen molar-refractivity contribution in [3.8, 4) is 0 Å². The van der Waals surface area contributed by atoms with Crippen molar-refractivity contribution < 1.29 is 12.8 Å². The molecule has 0 aromatic heterocycles. The van der Waals surface area contributed by atoms with Crippen LogP contribution in [0.2, 0.25) is 0 Å². The van der Waals surface area contributed by atoms with E-state index in [-0.39, 0.29) is 11.1 Å². The average Bonchev–Trinajstić information content (AvgIpc) is 3.16. The van der Waals surface area contributed by atoms with Crippen LogP contribution in [0.4, 0.5) is 10.1 Å². The van der Waals surface area contributed by atoms with Gasteiger partial charge < -0.3 is 5.73 Å². The summed E-state index contributed by atoms with van der Waals surface area (Å²) in [6.07, 6.45) is 2.01. The molecule has 4 nitrogen and oxygen atoms in total. The third-order valence-corrected chi connectivity index (χ3v) is 5.25. The van der Waals surface area contributed by atoms with Gasteiger partial charge in [-0.15, -0.1) is 0 Å². The first-order valence-corrected chi connectivity index (χ1v) is 7.53. The lowest BCUT2D eigenvalue weighted by molar-refractivity contribution is 0.587. The fourth-order valence-electron chi connectivity index (χ4n) is 1.79. The predicted octanol–water partition coefficient (Wildman–Crippen LogP) is 1.47. The fourth-order valence-corrected chi connectivity index (χ4v) is 3.68. The van der Waals surface area contributed by atoms with Crippen molar-refractivity contribution in [3.63, 3.8) is 0 Å². The number of hydrogen-bond donors (Lipinski definition) is 1. The Labute approximate surface area is 107 Å². The monoisotopic (exact) mass is 272 g/mol. The van der Waals surface area contributed by atoms with Crippen LogP contribution >= 0.6 is 0 Å². The fraction of sp³-hybridized carbons (Fsp3) is 0.500. The van der Waals surface area contributed by atoms with E-state index in [0.717, 1.165) is 0 Å². The number of sulfonamides is 1. The minimum atomic E-state index is -3.31. The van der Waals surface area contributed by atoms with Crippen LogP contribution in [0.1, 0.15) is 19.3 Å². The van der Waals surface area contributed by atoms with Crippen LogP contribution in [-0.2, 0) is 10.0 Å². The lowest BCUT2D eigenvalue weighted by Gasteiger charge is -2.24. The van der Waals surface area contributed by atoms with Gasteiger partial charge in [0.1, 0.15) is 5.82 Å². The first kappa shape index (κ1) is 13.3. The molecule has 0 saturated heterocycles. The molecule has 1 aromatic rings. The maximum Gasteiger partial charge on any atom is 0.238 e. The van der Waals surface area contributed by atoms with Gasteiger partial charge in [0.05, 0.1) is 10.9 Å². The van der Waals surface area contributed by atoms with Gasteiger partial charge in [-0.25, -0.2) is 12.8 Å². The quantitative estimate of drug-likeness (QED) is 0.853. The van der Waals surface area contributed by atoms with Crippen LogP contribution in [0.5, 0.6) is 0 Å². The molecule has 0 atom stereocenters. The Balaban J connectivity index is 2.27. The molecule has 1 aliphatic rings. The van der Waals surface area contributed by atoms with E-state index in [1.807, 2.05) is 0 Å². The van der Waals surface area contributed by atoms with Gasteiger partial charge in [0.15, 0.2) is 0 Å². The summed E-state index contributed by atoms with van der Waals surface area (Å²) in [5.74, 6) is -0.374. The van der Waals surface area contributed by atoms with Gasteiger partial charge in [-0.3, -0.25) is 4.31 Å². The number of rotatable bonds is 6. The second-order valence-electron chi connectivity index (χ2n) is 4.44. The lowest BCUT2D eigenvalue weighted by atomic mass is 10.3. The minimum Gasteiger partial charge on any atom is -0.330 e. The number of halogens is 1. The molecule has 2 N–H and O–H groups in total. The highest BCUT2D eigenvalue weighted by Gasteiger charge is 2.40. The van der Waals surface area contributed by atoms with Gasteiger partial charge in [-0.1, -0.05) is 0 Å². The van der Waals surface area contributed by atoms with Crippen molar-refractivity contribution in [2.75, 3.05) is 17.4 Å². The van der Waals surface area contributed by atoms with E-state index in [9.17, 15) is 12.8 Å². The maximum absolute atomic E-state index is 12.9. The zero-order valence-electron chi connectivity index (χ0n) is 10.0. The minimum absolute atomic E-state index is 0.277. The first-order chi connectivity index (χ1) is 8.55. The Bertz CT molecular complexity index is 497. The molecular weight excluding hydrogens is 255 g/mol. The van der Waals surface area contributed by atoms with Gasteiger partial charge in [-0.05, 0) is 50.1 Å². The van der Waals surface area contributed by atoms with E-state index >= 15 is 0 Å². The molecule has 1 fully saturated rings. The summed E-state index contributed by atoms with van der Waals surface area (Å²) in [5.41, 5.74) is 5.94. The standard InChI is InChI=1S/C12H17FN2O2S/c13-10-2-4-11(5-3-10)15(9-1-8-14)18(16,17)12-6-7-12/h2-5,12H,1,6-9,14H2. The van der Waals surface area contributed by atoms with Crippen molar-refractivity contribution in [2.45, 2.75) is 24.5 Å². The molecule has 0 unspecified atom stereocenters. The zero-order chi connectivity index (χ0) is 13.2. The van der Waals surface area contributed by atoms with Crippen LogP contribution in [0, 0.1) is 5.82 Å². The number of nitrogens with zero attached hydrogens (tertiary/aromatic N) is 1. The van der Waals surface area contributed by atoms with Crippen molar-refractivity contribution in [1.29, 1.82) is 0 Å². The zero-order valence-corrected chi connectivity index (χ0v) is 10.9. The molecule has 2 rings (SSSR count). The van der Waals surface area contributed by atoms with E-state index < -0.39 is 10.0 Å². The van der Waals surface area contributed by atoms with E-state index in [2.05, 4.69) is 0 Å². The van der Waals surface area contributed by atoms with E-state index in [0.29, 0.717) is 38.0 Å². The van der Waals surface area contributed by atoms with Gasteiger partial charge >= 0.3 is 0 Å². The number of anilines is 1. The molecule has 0 amide bonds. The van der Waals surface area contributed by atoms with Crippen LogP contribution in [-0.4, -0.2) is 26.8 Å². The van der Waals surface area contributed by atoms with Crippen molar-refractivity contribution in [1.82, 2.24) is 0 Å². The van der Waals surface area contributed by atoms with Crippen LogP contribution in [0.15, 0.2) is 24.3 Å². The summed E-state index contributed by atoms with van der Waals surface area (Å²) in [7, 11) is -3.31. The largest absolute Gasteiger partial charge is 0.330 e. The lowest BCUT2D eigenvalue weighted by Crippen LogP contribution is -2.35. The normalized spacial score (nSPS) is 15.7. The number of hydrogen-bond acceptors (Lipinski definition) is 3. The average molecular weight is 272 g/mol. The molecule has 6 heteroatoms. The van der Waals surface area contributed by atoms with Gasteiger partial charge in [0.25, 0.3) is 0 Å². The Morgan fingerprint density at radius 2 is 1.89 bits per heavy atom. The molecule has 1 aromatic carbocycles. The van der Waals surface area contributed by atoms with Crippen LogP contribution in [0.3, 0.4) is 0 Å². The molecule has 0 radical (unpaired) electrons. The van der Waals surface area contributed by atoms with Crippen LogP contribution < -0.4 is 10.0 Å². The van der Waals surface area contributed by atoms with Crippen molar-refractivity contribution in [3.05, 3.63) is 30.1 Å². The molecule has 0 heterocycles. The molecule has 100 valence electrons. The molecule has 0 spiro atoms. The molecule has 18 heavy (non-hydrogen) atoms. The van der Waals surface area contributed by atoms with Gasteiger partial charge in [-0.2, -0.15) is 0 Å². The Morgan fingerprint density at radius 1 is 1.28 bits per heavy atom. The second-order valence-corrected chi connectivity index (χ2v) is 6.57. The highest BCUT2D eigenvalue weighted by Crippen LogP contribution is 2.33. The highest BCUT2D eigenvalue weighted by molar-refractivity contribution is 7.93. The van der Waals surface area contributed by atoms with E-state index in [4.69, 9.17) is 5.73 Å². The number of nitrogens with two attached hydrogens (primary N) is 1. The van der Waals surface area contributed by atoms with Gasteiger partial charge in [0.2, 0.25) is 10.0 Å².